The van der Waals surface area contributed by atoms with Gasteiger partial charge in [-0.2, -0.15) is 0 Å². The van der Waals surface area contributed by atoms with E-state index in [-0.39, 0.29) is 4.90 Å². The standard InChI is InChI=1S/C7H8O3S.H2O4S/c1-6-2-4-7(5-3-6)11(8,9)10;1-5(2,3)4/h2-5H,1H3,(H,8,9,10);(H2,1,2,3,4)/p-3. The molecule has 0 atom stereocenters. The third-order valence-corrected chi connectivity index (χ3v) is 2.16. The van der Waals surface area contributed by atoms with Crippen LogP contribution in [0.3, 0.4) is 0 Å². The Bertz CT molecular complexity index is 519. The van der Waals surface area contributed by atoms with Crippen molar-refractivity contribution in [2.24, 2.45) is 0 Å². The molecule has 7 nitrogen and oxygen atoms in total. The number of hydrogen-bond donors (Lipinski definition) is 0. The third-order valence-electron chi connectivity index (χ3n) is 1.31. The SMILES string of the molecule is Cc1ccc(S(=O)(=O)[O-])cc1.O=S(=O)([O-])[O-]. The zero-order valence-electron chi connectivity index (χ0n) is 7.98. The van der Waals surface area contributed by atoms with E-state index in [9.17, 15) is 13.0 Å². The molecule has 0 spiro atoms. The molecule has 0 N–H and O–H groups in total. The highest BCUT2D eigenvalue weighted by Crippen LogP contribution is 2.08. The summed E-state index contributed by atoms with van der Waals surface area (Å²) in [5.41, 5.74) is 0.928. The Hall–Kier alpha value is -1.00. The highest BCUT2D eigenvalue weighted by Gasteiger charge is 1.97. The maximum absolute atomic E-state index is 10.4. The summed E-state index contributed by atoms with van der Waals surface area (Å²) in [6.45, 7) is 1.82. The molecule has 0 saturated heterocycles. The van der Waals surface area contributed by atoms with E-state index < -0.39 is 20.5 Å². The Kier molecular flexibility index (Phi) is 5.03. The van der Waals surface area contributed by atoms with E-state index >= 15 is 0 Å². The van der Waals surface area contributed by atoms with Crippen LogP contribution in [0.25, 0.3) is 0 Å². The molecule has 1 aromatic carbocycles. The highest BCUT2D eigenvalue weighted by molar-refractivity contribution is 7.85. The first-order valence-electron chi connectivity index (χ1n) is 3.69. The Morgan fingerprint density at radius 3 is 1.44 bits per heavy atom. The van der Waals surface area contributed by atoms with E-state index in [0.29, 0.717) is 0 Å². The summed E-state index contributed by atoms with van der Waals surface area (Å²) in [6, 6.07) is 5.78. The van der Waals surface area contributed by atoms with Crippen molar-refractivity contribution in [3.63, 3.8) is 0 Å². The molecule has 0 unspecified atom stereocenters. The van der Waals surface area contributed by atoms with E-state index in [4.69, 9.17) is 17.5 Å². The number of benzene rings is 1. The zero-order chi connectivity index (χ0) is 13.0. The van der Waals surface area contributed by atoms with E-state index in [1.807, 2.05) is 6.92 Å². The first-order valence-corrected chi connectivity index (χ1v) is 6.43. The highest BCUT2D eigenvalue weighted by atomic mass is 32.3. The van der Waals surface area contributed by atoms with Gasteiger partial charge in [0.05, 0.1) is 4.90 Å². The van der Waals surface area contributed by atoms with Crippen molar-refractivity contribution in [2.75, 3.05) is 0 Å². The van der Waals surface area contributed by atoms with Gasteiger partial charge in [-0.05, 0) is 19.1 Å². The predicted molar refractivity (Wildman–Crippen MR) is 49.6 cm³/mol. The minimum Gasteiger partial charge on any atom is -0.759 e. The molecule has 0 heterocycles. The molecule has 0 saturated carbocycles. The topological polar surface area (TPSA) is 137 Å². The van der Waals surface area contributed by atoms with Crippen LogP contribution in [0.15, 0.2) is 29.2 Å². The van der Waals surface area contributed by atoms with Gasteiger partial charge in [0.1, 0.15) is 10.1 Å². The summed E-state index contributed by atoms with van der Waals surface area (Å²) in [4.78, 5) is -0.178. The fraction of sp³-hybridized carbons (Fsp3) is 0.143. The Balaban J connectivity index is 0.000000385. The fourth-order valence-electron chi connectivity index (χ4n) is 0.705. The normalized spacial score (nSPS) is 11.5. The lowest BCUT2D eigenvalue weighted by molar-refractivity contribution is 0.352. The van der Waals surface area contributed by atoms with E-state index in [1.54, 1.807) is 12.1 Å². The lowest BCUT2D eigenvalue weighted by Gasteiger charge is -2.06. The number of aryl methyl sites for hydroxylation is 1. The van der Waals surface area contributed by atoms with Crippen LogP contribution < -0.4 is 0 Å². The molecule has 0 radical (unpaired) electrons. The molecule has 9 heteroatoms. The van der Waals surface area contributed by atoms with Gasteiger partial charge in [0.2, 0.25) is 0 Å². The van der Waals surface area contributed by atoms with Gasteiger partial charge in [-0.25, -0.2) is 8.42 Å². The van der Waals surface area contributed by atoms with Crippen LogP contribution in [0.1, 0.15) is 5.56 Å². The van der Waals surface area contributed by atoms with Crippen molar-refractivity contribution in [1.82, 2.24) is 0 Å². The number of hydrogen-bond acceptors (Lipinski definition) is 7. The van der Waals surface area contributed by atoms with Gasteiger partial charge in [-0.1, -0.05) is 17.7 Å². The second kappa shape index (κ2) is 5.37. The maximum atomic E-state index is 10.4. The second-order valence-electron chi connectivity index (χ2n) is 2.68. The fourth-order valence-corrected chi connectivity index (χ4v) is 1.17. The van der Waals surface area contributed by atoms with Crippen molar-refractivity contribution in [3.8, 4) is 0 Å². The van der Waals surface area contributed by atoms with Crippen LogP contribution in [0.2, 0.25) is 0 Å². The molecule has 1 rings (SSSR count). The maximum Gasteiger partial charge on any atom is 0.124 e. The average molecular weight is 267 g/mol. The van der Waals surface area contributed by atoms with Gasteiger partial charge >= 0.3 is 0 Å². The lowest BCUT2D eigenvalue weighted by atomic mass is 10.2. The summed E-state index contributed by atoms with van der Waals surface area (Å²) >= 11 is 0. The monoisotopic (exact) mass is 267 g/mol. The van der Waals surface area contributed by atoms with Crippen LogP contribution in [0, 0.1) is 6.92 Å². The molecular weight excluding hydrogens is 260 g/mol. The molecule has 0 fully saturated rings. The summed E-state index contributed by atoms with van der Waals surface area (Å²) in [7, 11) is -9.44. The molecular formula is C7H7O7S2-3. The molecule has 0 aliphatic heterocycles. The average Bonchev–Trinajstić information content (AvgIpc) is 1.99. The quantitative estimate of drug-likeness (QED) is 0.496. The van der Waals surface area contributed by atoms with Crippen LogP contribution in [0.5, 0.6) is 0 Å². The third kappa shape index (κ3) is 8.32. The Morgan fingerprint density at radius 1 is 0.875 bits per heavy atom. The van der Waals surface area contributed by atoms with Crippen LogP contribution in [-0.4, -0.2) is 30.5 Å². The Labute approximate surface area is 93.1 Å². The van der Waals surface area contributed by atoms with Crippen LogP contribution in [-0.2, 0) is 20.5 Å². The van der Waals surface area contributed by atoms with Crippen molar-refractivity contribution in [1.29, 1.82) is 0 Å². The van der Waals surface area contributed by atoms with Gasteiger partial charge in [-0.15, -0.1) is 0 Å². The number of rotatable bonds is 1. The first kappa shape index (κ1) is 15.0. The van der Waals surface area contributed by atoms with E-state index in [0.717, 1.165) is 5.56 Å². The molecule has 1 aromatic rings. The molecule has 0 aromatic heterocycles. The van der Waals surface area contributed by atoms with E-state index in [2.05, 4.69) is 0 Å². The molecule has 0 bridgehead atoms. The summed E-state index contributed by atoms with van der Waals surface area (Å²) in [5, 5.41) is 0. The largest absolute Gasteiger partial charge is 0.759 e. The Morgan fingerprint density at radius 2 is 1.19 bits per heavy atom. The van der Waals surface area contributed by atoms with Crippen molar-refractivity contribution >= 4 is 20.5 Å². The minimum atomic E-state index is -5.17. The van der Waals surface area contributed by atoms with Gasteiger partial charge in [0.15, 0.2) is 0 Å². The first-order chi connectivity index (χ1) is 7.00. The van der Waals surface area contributed by atoms with Gasteiger partial charge in [-0.3, -0.25) is 8.42 Å². The molecule has 16 heavy (non-hydrogen) atoms. The minimum absolute atomic E-state index is 0.178. The molecule has 92 valence electrons. The van der Waals surface area contributed by atoms with Crippen molar-refractivity contribution in [2.45, 2.75) is 11.8 Å². The molecule has 0 amide bonds. The van der Waals surface area contributed by atoms with Crippen LogP contribution in [0.4, 0.5) is 0 Å². The van der Waals surface area contributed by atoms with Gasteiger partial charge in [0.25, 0.3) is 0 Å². The molecule has 0 aliphatic rings. The van der Waals surface area contributed by atoms with Gasteiger partial charge < -0.3 is 13.7 Å². The summed E-state index contributed by atoms with van der Waals surface area (Å²) in [5.74, 6) is 0. The smallest absolute Gasteiger partial charge is 0.124 e. The lowest BCUT2D eigenvalue weighted by Crippen LogP contribution is -1.97. The molecule has 0 aliphatic carbocycles. The summed E-state index contributed by atoms with van der Waals surface area (Å²) < 4.78 is 65.2. The second-order valence-corrected chi connectivity index (χ2v) is 4.87. The summed E-state index contributed by atoms with van der Waals surface area (Å²) in [6.07, 6.45) is 0. The van der Waals surface area contributed by atoms with E-state index in [1.165, 1.54) is 12.1 Å². The van der Waals surface area contributed by atoms with Gasteiger partial charge in [0, 0.05) is 10.4 Å². The van der Waals surface area contributed by atoms with Crippen molar-refractivity contribution in [3.05, 3.63) is 29.8 Å². The van der Waals surface area contributed by atoms with Crippen molar-refractivity contribution < 1.29 is 30.5 Å². The predicted octanol–water partition coefficient (Wildman–Crippen LogP) is -0.439. The van der Waals surface area contributed by atoms with Crippen LogP contribution >= 0.6 is 0 Å². The zero-order valence-corrected chi connectivity index (χ0v) is 9.62.